The van der Waals surface area contributed by atoms with Gasteiger partial charge in [-0.25, -0.2) is 9.79 Å². The molecule has 1 saturated heterocycles. The maximum Gasteiger partial charge on any atom is 0.409 e. The minimum Gasteiger partial charge on any atom is -0.450 e. The number of rotatable bonds is 7. The highest BCUT2D eigenvalue weighted by Crippen LogP contribution is 2.21. The Morgan fingerprint density at radius 3 is 2.34 bits per heavy atom. The summed E-state index contributed by atoms with van der Waals surface area (Å²) in [7, 11) is 5.12. The van der Waals surface area contributed by atoms with E-state index in [1.54, 1.807) is 33.0 Å². The Labute approximate surface area is 175 Å². The maximum absolute atomic E-state index is 12.0. The van der Waals surface area contributed by atoms with E-state index in [0.29, 0.717) is 32.2 Å². The molecule has 1 atom stereocenters. The first-order valence-electron chi connectivity index (χ1n) is 10.3. The van der Waals surface area contributed by atoms with E-state index >= 15 is 0 Å². The molecule has 0 aromatic heterocycles. The van der Waals surface area contributed by atoms with Crippen molar-refractivity contribution in [3.63, 3.8) is 0 Å². The van der Waals surface area contributed by atoms with Gasteiger partial charge in [-0.1, -0.05) is 20.8 Å². The van der Waals surface area contributed by atoms with Crippen molar-refractivity contribution in [1.82, 2.24) is 20.4 Å². The van der Waals surface area contributed by atoms with Gasteiger partial charge < -0.3 is 29.9 Å². The van der Waals surface area contributed by atoms with Crippen LogP contribution < -0.4 is 10.6 Å². The summed E-state index contributed by atoms with van der Waals surface area (Å²) < 4.78 is 10.7. The molecule has 1 heterocycles. The summed E-state index contributed by atoms with van der Waals surface area (Å²) in [4.78, 5) is 31.5. The van der Waals surface area contributed by atoms with Crippen molar-refractivity contribution < 1.29 is 19.1 Å². The van der Waals surface area contributed by atoms with Crippen LogP contribution in [0, 0.1) is 5.41 Å². The molecule has 0 aromatic rings. The van der Waals surface area contributed by atoms with Crippen molar-refractivity contribution in [3.8, 4) is 0 Å². The van der Waals surface area contributed by atoms with Crippen LogP contribution in [0.3, 0.4) is 0 Å². The lowest BCUT2D eigenvalue weighted by molar-refractivity contribution is -0.127. The predicted octanol–water partition coefficient (Wildman–Crippen LogP) is 1.29. The van der Waals surface area contributed by atoms with Gasteiger partial charge in [0.1, 0.15) is 6.54 Å². The number of aliphatic imine (C=N–C) groups is 1. The number of nitrogens with one attached hydrogen (secondary N) is 2. The predicted molar refractivity (Wildman–Crippen MR) is 114 cm³/mol. The number of hydrogen-bond acceptors (Lipinski definition) is 5. The Morgan fingerprint density at radius 1 is 1.24 bits per heavy atom. The molecule has 1 fully saturated rings. The van der Waals surface area contributed by atoms with E-state index in [-0.39, 0.29) is 36.1 Å². The zero-order valence-corrected chi connectivity index (χ0v) is 19.1. The Morgan fingerprint density at radius 2 is 1.86 bits per heavy atom. The molecule has 2 amide bonds. The van der Waals surface area contributed by atoms with Gasteiger partial charge in [-0.15, -0.1) is 0 Å². The van der Waals surface area contributed by atoms with Crippen LogP contribution in [0.15, 0.2) is 4.99 Å². The van der Waals surface area contributed by atoms with Crippen molar-refractivity contribution in [2.24, 2.45) is 10.4 Å². The number of ether oxygens (including phenoxy) is 2. The molecule has 29 heavy (non-hydrogen) atoms. The summed E-state index contributed by atoms with van der Waals surface area (Å²) in [5.74, 6) is 0.517. The number of piperidine rings is 1. The number of nitrogens with zero attached hydrogens (tertiary/aromatic N) is 3. The van der Waals surface area contributed by atoms with E-state index in [1.165, 1.54) is 4.90 Å². The number of carbonyl (C=O) groups is 2. The van der Waals surface area contributed by atoms with Crippen LogP contribution in [0.5, 0.6) is 0 Å². The average Bonchev–Trinajstić information content (AvgIpc) is 2.65. The molecule has 0 spiro atoms. The Bertz CT molecular complexity index is 552. The lowest BCUT2D eigenvalue weighted by atomic mass is 9.89. The molecule has 0 bridgehead atoms. The maximum atomic E-state index is 12.0. The van der Waals surface area contributed by atoms with Crippen LogP contribution in [0.1, 0.15) is 40.5 Å². The molecule has 2 N–H and O–H groups in total. The van der Waals surface area contributed by atoms with Crippen molar-refractivity contribution in [1.29, 1.82) is 0 Å². The highest BCUT2D eigenvalue weighted by molar-refractivity contribution is 5.85. The van der Waals surface area contributed by atoms with Gasteiger partial charge in [-0.05, 0) is 25.2 Å². The van der Waals surface area contributed by atoms with Gasteiger partial charge in [-0.2, -0.15) is 0 Å². The van der Waals surface area contributed by atoms with Crippen LogP contribution in [-0.4, -0.2) is 93.9 Å². The number of methoxy groups -OCH3 is 1. The highest BCUT2D eigenvalue weighted by Gasteiger charge is 2.26. The van der Waals surface area contributed by atoms with Gasteiger partial charge in [0.15, 0.2) is 5.96 Å². The number of likely N-dealkylation sites (tertiary alicyclic amines) is 1. The smallest absolute Gasteiger partial charge is 0.409 e. The summed E-state index contributed by atoms with van der Waals surface area (Å²) in [5.41, 5.74) is -0.0305. The molecule has 1 rings (SSSR count). The fraction of sp³-hybridized carbons (Fsp3) is 0.850. The fourth-order valence-corrected chi connectivity index (χ4v) is 2.99. The van der Waals surface area contributed by atoms with E-state index in [4.69, 9.17) is 9.47 Å². The molecule has 0 aromatic carbocycles. The van der Waals surface area contributed by atoms with Gasteiger partial charge in [-0.3, -0.25) is 4.79 Å². The quantitative estimate of drug-likeness (QED) is 0.482. The molecular formula is C20H39N5O4. The van der Waals surface area contributed by atoms with Crippen molar-refractivity contribution in [2.45, 2.75) is 52.7 Å². The molecular weight excluding hydrogens is 374 g/mol. The number of guanidine groups is 1. The number of likely N-dealkylation sites (N-methyl/N-ethyl adjacent to an activating group) is 1. The summed E-state index contributed by atoms with van der Waals surface area (Å²) in [6.45, 7) is 10.4. The number of amides is 2. The minimum absolute atomic E-state index is 0.00953. The largest absolute Gasteiger partial charge is 0.450 e. The third kappa shape index (κ3) is 8.89. The SMILES string of the molecule is CCOC(=O)N1CCC(NC(=NCC(=O)N(C)C)NCC(OC)C(C)(C)C)CC1. The second-order valence-electron chi connectivity index (χ2n) is 8.53. The molecule has 0 aliphatic carbocycles. The first-order valence-corrected chi connectivity index (χ1v) is 10.3. The van der Waals surface area contributed by atoms with Gasteiger partial charge >= 0.3 is 6.09 Å². The Balaban J connectivity index is 2.70. The molecule has 9 nitrogen and oxygen atoms in total. The van der Waals surface area contributed by atoms with Gasteiger partial charge in [0.25, 0.3) is 0 Å². The summed E-state index contributed by atoms with van der Waals surface area (Å²) in [6.07, 6.45) is 1.30. The molecule has 9 heteroatoms. The molecule has 168 valence electrons. The third-order valence-electron chi connectivity index (χ3n) is 4.94. The van der Waals surface area contributed by atoms with Crippen LogP contribution >= 0.6 is 0 Å². The third-order valence-corrected chi connectivity index (χ3v) is 4.94. The van der Waals surface area contributed by atoms with Crippen molar-refractivity contribution in [2.75, 3.05) is 54.0 Å². The van der Waals surface area contributed by atoms with Crippen LogP contribution in [0.2, 0.25) is 0 Å². The molecule has 1 aliphatic rings. The van der Waals surface area contributed by atoms with E-state index in [2.05, 4.69) is 36.4 Å². The van der Waals surface area contributed by atoms with E-state index in [9.17, 15) is 9.59 Å². The summed E-state index contributed by atoms with van der Waals surface area (Å²) in [6, 6.07) is 0.164. The zero-order valence-electron chi connectivity index (χ0n) is 19.1. The first kappa shape index (κ1) is 25.0. The van der Waals surface area contributed by atoms with Crippen molar-refractivity contribution in [3.05, 3.63) is 0 Å². The standard InChI is InChI=1S/C20H39N5O4/c1-8-29-19(27)25-11-9-15(10-12-25)23-18(22-14-17(26)24(5)6)21-13-16(28-7)20(2,3)4/h15-16H,8-14H2,1-7H3,(H2,21,22,23). The lowest BCUT2D eigenvalue weighted by Gasteiger charge is -2.33. The van der Waals surface area contributed by atoms with Crippen LogP contribution in [0.25, 0.3) is 0 Å². The average molecular weight is 414 g/mol. The first-order chi connectivity index (χ1) is 13.6. The van der Waals surface area contributed by atoms with Crippen molar-refractivity contribution >= 4 is 18.0 Å². The summed E-state index contributed by atoms with van der Waals surface area (Å²) in [5, 5.41) is 6.72. The van der Waals surface area contributed by atoms with E-state index in [0.717, 1.165) is 12.8 Å². The van der Waals surface area contributed by atoms with Crippen LogP contribution in [-0.2, 0) is 14.3 Å². The normalized spacial score (nSPS) is 16.9. The lowest BCUT2D eigenvalue weighted by Crippen LogP contribution is -2.52. The Kier molecular flexibility index (Phi) is 10.2. The Hall–Kier alpha value is -2.03. The highest BCUT2D eigenvalue weighted by atomic mass is 16.6. The molecule has 1 unspecified atom stereocenters. The zero-order chi connectivity index (χ0) is 22.0. The van der Waals surface area contributed by atoms with E-state index < -0.39 is 0 Å². The second kappa shape index (κ2) is 11.8. The second-order valence-corrected chi connectivity index (χ2v) is 8.53. The van der Waals surface area contributed by atoms with Gasteiger partial charge in [0.2, 0.25) is 5.91 Å². The minimum atomic E-state index is -0.261. The molecule has 1 aliphatic heterocycles. The van der Waals surface area contributed by atoms with E-state index in [1.807, 2.05) is 0 Å². The fourth-order valence-electron chi connectivity index (χ4n) is 2.99. The molecule has 0 saturated carbocycles. The molecule has 0 radical (unpaired) electrons. The number of hydrogen-bond donors (Lipinski definition) is 2. The summed E-state index contributed by atoms with van der Waals surface area (Å²) >= 11 is 0. The monoisotopic (exact) mass is 413 g/mol. The van der Waals surface area contributed by atoms with Gasteiger partial charge in [0.05, 0.1) is 12.7 Å². The van der Waals surface area contributed by atoms with Gasteiger partial charge in [0, 0.05) is 46.9 Å². The van der Waals surface area contributed by atoms with Crippen LogP contribution in [0.4, 0.5) is 4.79 Å². The topological polar surface area (TPSA) is 95.5 Å². The number of carbonyl (C=O) groups excluding carboxylic acids is 2.